The molecule has 0 saturated carbocycles. The number of esters is 1. The largest absolute Gasteiger partial charge is 0.465 e. The molecule has 1 atom stereocenters. The molecule has 0 aliphatic rings. The minimum absolute atomic E-state index is 0.257. The monoisotopic (exact) mass is 435 g/mol. The van der Waals surface area contributed by atoms with E-state index < -0.39 is 0 Å². The second kappa shape index (κ2) is 9.31. The number of carbonyl (C=O) groups is 1. The van der Waals surface area contributed by atoms with Gasteiger partial charge in [-0.3, -0.25) is 4.79 Å². The Balaban J connectivity index is 1.91. The van der Waals surface area contributed by atoms with E-state index in [9.17, 15) is 9.18 Å². The van der Waals surface area contributed by atoms with Crippen molar-refractivity contribution < 1.29 is 13.9 Å². The van der Waals surface area contributed by atoms with Crippen LogP contribution in [0, 0.1) is 5.82 Å². The molecule has 0 saturated heterocycles. The van der Waals surface area contributed by atoms with E-state index in [1.165, 1.54) is 30.2 Å². The summed E-state index contributed by atoms with van der Waals surface area (Å²) >= 11 is 1.37. The van der Waals surface area contributed by atoms with E-state index in [2.05, 4.69) is 9.97 Å². The zero-order valence-corrected chi connectivity index (χ0v) is 18.1. The van der Waals surface area contributed by atoms with Crippen molar-refractivity contribution in [2.24, 2.45) is 0 Å². The normalized spacial score (nSPS) is 12.1. The molecule has 2 aromatic heterocycles. The van der Waals surface area contributed by atoms with Crippen LogP contribution in [0.25, 0.3) is 27.8 Å². The highest BCUT2D eigenvalue weighted by molar-refractivity contribution is 8.00. The van der Waals surface area contributed by atoms with Crippen LogP contribution in [0.2, 0.25) is 0 Å². The molecular formula is C24H22FN3O2S. The summed E-state index contributed by atoms with van der Waals surface area (Å²) in [5, 5.41) is 1.14. The summed E-state index contributed by atoms with van der Waals surface area (Å²) in [7, 11) is 0. The fourth-order valence-electron chi connectivity index (χ4n) is 3.45. The first-order valence-electron chi connectivity index (χ1n) is 10.1. The quantitative estimate of drug-likeness (QED) is 0.213. The third-order valence-corrected chi connectivity index (χ3v) is 6.24. The average molecular weight is 436 g/mol. The first kappa shape index (κ1) is 21.1. The van der Waals surface area contributed by atoms with Gasteiger partial charge in [-0.2, -0.15) is 0 Å². The van der Waals surface area contributed by atoms with Gasteiger partial charge in [-0.05, 0) is 37.1 Å². The van der Waals surface area contributed by atoms with Crippen LogP contribution in [-0.4, -0.2) is 32.4 Å². The van der Waals surface area contributed by atoms with Crippen LogP contribution in [0.5, 0.6) is 0 Å². The van der Waals surface area contributed by atoms with E-state index in [1.807, 2.05) is 54.1 Å². The Morgan fingerprint density at radius 1 is 1.13 bits per heavy atom. The third kappa shape index (κ3) is 4.32. The van der Waals surface area contributed by atoms with Gasteiger partial charge in [-0.25, -0.2) is 14.4 Å². The van der Waals surface area contributed by atoms with Crippen molar-refractivity contribution in [3.8, 4) is 16.8 Å². The number of thioether (sulfide) groups is 1. The lowest BCUT2D eigenvalue weighted by atomic mass is 10.1. The lowest BCUT2D eigenvalue weighted by Gasteiger charge is -2.13. The van der Waals surface area contributed by atoms with Crippen molar-refractivity contribution in [2.75, 3.05) is 6.61 Å². The number of ether oxygens (including phenoxy) is 1. The standard InChI is InChI=1S/C24H22FN3O2S/c1-3-20(24(29)30-4-2)31-23-21-19(16-9-6-5-7-10-16)14-28(22(21)26-15-27-23)18-12-8-11-17(25)13-18/h5-15,20H,3-4H2,1-2H3. The molecule has 2 heterocycles. The maximum Gasteiger partial charge on any atom is 0.319 e. The van der Waals surface area contributed by atoms with E-state index in [1.54, 1.807) is 13.0 Å². The molecule has 0 aliphatic heterocycles. The lowest BCUT2D eigenvalue weighted by Crippen LogP contribution is -2.19. The Labute approximate surface area is 184 Å². The van der Waals surface area contributed by atoms with E-state index in [-0.39, 0.29) is 17.0 Å². The molecule has 0 N–H and O–H groups in total. The summed E-state index contributed by atoms with van der Waals surface area (Å²) in [6.07, 6.45) is 4.03. The molecule has 31 heavy (non-hydrogen) atoms. The minimum atomic E-state index is -0.376. The lowest BCUT2D eigenvalue weighted by molar-refractivity contribution is -0.142. The van der Waals surface area contributed by atoms with Gasteiger partial charge >= 0.3 is 5.97 Å². The van der Waals surface area contributed by atoms with Crippen LogP contribution in [0.15, 0.2) is 72.1 Å². The van der Waals surface area contributed by atoms with Crippen LogP contribution >= 0.6 is 11.8 Å². The molecule has 0 radical (unpaired) electrons. The number of fused-ring (bicyclic) bond motifs is 1. The fourth-order valence-corrected chi connectivity index (χ4v) is 4.48. The Hall–Kier alpha value is -3.19. The van der Waals surface area contributed by atoms with Crippen LogP contribution in [0.4, 0.5) is 4.39 Å². The summed E-state index contributed by atoms with van der Waals surface area (Å²) in [6.45, 7) is 4.08. The topological polar surface area (TPSA) is 57.0 Å². The van der Waals surface area contributed by atoms with Crippen molar-refractivity contribution in [3.05, 3.63) is 72.9 Å². The molecule has 4 aromatic rings. The van der Waals surface area contributed by atoms with Crippen LogP contribution < -0.4 is 0 Å². The second-order valence-corrected chi connectivity index (χ2v) is 8.09. The van der Waals surface area contributed by atoms with Gasteiger partial charge in [0.05, 0.1) is 12.0 Å². The second-order valence-electron chi connectivity index (χ2n) is 6.90. The molecule has 7 heteroatoms. The Morgan fingerprint density at radius 2 is 1.94 bits per heavy atom. The summed E-state index contributed by atoms with van der Waals surface area (Å²) in [4.78, 5) is 21.4. The number of hydrogen-bond acceptors (Lipinski definition) is 5. The Morgan fingerprint density at radius 3 is 2.65 bits per heavy atom. The third-order valence-electron chi connectivity index (χ3n) is 4.89. The minimum Gasteiger partial charge on any atom is -0.465 e. The molecule has 158 valence electrons. The highest BCUT2D eigenvalue weighted by Gasteiger charge is 2.24. The number of nitrogens with zero attached hydrogens (tertiary/aromatic N) is 3. The van der Waals surface area contributed by atoms with Crippen LogP contribution in [0.3, 0.4) is 0 Å². The van der Waals surface area contributed by atoms with Gasteiger partial charge in [0.25, 0.3) is 0 Å². The summed E-state index contributed by atoms with van der Waals surface area (Å²) < 4.78 is 21.0. The molecule has 0 amide bonds. The molecule has 5 nitrogen and oxygen atoms in total. The van der Waals surface area contributed by atoms with Crippen LogP contribution in [0.1, 0.15) is 20.3 Å². The van der Waals surface area contributed by atoms with Gasteiger partial charge in [0, 0.05) is 17.4 Å². The smallest absolute Gasteiger partial charge is 0.319 e. The molecule has 1 unspecified atom stereocenters. The molecule has 4 rings (SSSR count). The van der Waals surface area contributed by atoms with Gasteiger partial charge in [-0.15, -0.1) is 0 Å². The van der Waals surface area contributed by atoms with Crippen molar-refractivity contribution in [3.63, 3.8) is 0 Å². The zero-order valence-electron chi connectivity index (χ0n) is 17.3. The van der Waals surface area contributed by atoms with Crippen molar-refractivity contribution >= 4 is 28.8 Å². The van der Waals surface area contributed by atoms with Crippen molar-refractivity contribution in [1.29, 1.82) is 0 Å². The van der Waals surface area contributed by atoms with E-state index in [0.29, 0.717) is 29.4 Å². The number of hydrogen-bond donors (Lipinski definition) is 0. The molecular weight excluding hydrogens is 413 g/mol. The van der Waals surface area contributed by atoms with E-state index in [4.69, 9.17) is 4.74 Å². The number of benzene rings is 2. The Kier molecular flexibility index (Phi) is 6.32. The SMILES string of the molecule is CCOC(=O)C(CC)Sc1ncnc2c1c(-c1ccccc1)cn2-c1cccc(F)c1. The van der Waals surface area contributed by atoms with Crippen LogP contribution in [-0.2, 0) is 9.53 Å². The van der Waals surface area contributed by atoms with Gasteiger partial charge in [0.1, 0.15) is 28.1 Å². The van der Waals surface area contributed by atoms with Gasteiger partial charge in [0.15, 0.2) is 0 Å². The molecule has 2 aromatic carbocycles. The first-order valence-corrected chi connectivity index (χ1v) is 11.0. The van der Waals surface area contributed by atoms with Gasteiger partial charge < -0.3 is 9.30 Å². The predicted molar refractivity (Wildman–Crippen MR) is 121 cm³/mol. The maximum absolute atomic E-state index is 13.9. The fraction of sp³-hybridized carbons (Fsp3) is 0.208. The molecule has 0 bridgehead atoms. The zero-order chi connectivity index (χ0) is 21.8. The summed E-state index contributed by atoms with van der Waals surface area (Å²) in [6, 6.07) is 16.3. The first-order chi connectivity index (χ1) is 15.1. The highest BCUT2D eigenvalue weighted by atomic mass is 32.2. The molecule has 0 aliphatic carbocycles. The Bertz CT molecular complexity index is 1210. The summed E-state index contributed by atoms with van der Waals surface area (Å²) in [5.41, 5.74) is 3.23. The van der Waals surface area contributed by atoms with Gasteiger partial charge in [-0.1, -0.05) is 55.1 Å². The average Bonchev–Trinajstić information content (AvgIpc) is 3.19. The van der Waals surface area contributed by atoms with E-state index >= 15 is 0 Å². The van der Waals surface area contributed by atoms with Crippen molar-refractivity contribution in [1.82, 2.24) is 14.5 Å². The van der Waals surface area contributed by atoms with E-state index in [0.717, 1.165) is 16.5 Å². The highest BCUT2D eigenvalue weighted by Crippen LogP contribution is 2.38. The maximum atomic E-state index is 13.9. The predicted octanol–water partition coefficient (Wildman–Crippen LogP) is 5.66. The van der Waals surface area contributed by atoms with Crippen molar-refractivity contribution in [2.45, 2.75) is 30.5 Å². The molecule has 0 spiro atoms. The summed E-state index contributed by atoms with van der Waals surface area (Å²) in [5.74, 6) is -0.579. The number of carbonyl (C=O) groups excluding carboxylic acids is 1. The number of rotatable bonds is 7. The number of halogens is 1. The number of aromatic nitrogens is 3. The van der Waals surface area contributed by atoms with Gasteiger partial charge in [0.2, 0.25) is 0 Å². The molecule has 0 fully saturated rings.